The predicted octanol–water partition coefficient (Wildman–Crippen LogP) is 5.01. The van der Waals surface area contributed by atoms with Gasteiger partial charge in [-0.2, -0.15) is 15.9 Å². The monoisotopic (exact) mass is 470 g/mol. The molecule has 9 heteroatoms. The van der Waals surface area contributed by atoms with E-state index in [4.69, 9.17) is 14.4 Å². The summed E-state index contributed by atoms with van der Waals surface area (Å²) < 4.78 is 12.2. The van der Waals surface area contributed by atoms with E-state index in [9.17, 15) is 4.79 Å². The van der Waals surface area contributed by atoms with Crippen molar-refractivity contribution in [2.45, 2.75) is 51.8 Å². The van der Waals surface area contributed by atoms with Crippen LogP contribution in [0.5, 0.6) is 10.9 Å². The normalized spacial score (nSPS) is 15.5. The molecule has 1 fully saturated rings. The molecule has 2 N–H and O–H groups in total. The van der Waals surface area contributed by atoms with E-state index >= 15 is 0 Å². The number of carbonyl (C=O) groups excluding carboxylic acids is 1. The molecule has 1 aliphatic heterocycles. The Morgan fingerprint density at radius 1 is 1.12 bits per heavy atom. The summed E-state index contributed by atoms with van der Waals surface area (Å²) in [5.74, 6) is 0.787. The van der Waals surface area contributed by atoms with Gasteiger partial charge in [-0.3, -0.25) is 4.90 Å². The number of hydroxylamine groups is 2. The first-order chi connectivity index (χ1) is 15.8. The summed E-state index contributed by atoms with van der Waals surface area (Å²) in [4.78, 5) is 23.6. The molecule has 1 amide bonds. The van der Waals surface area contributed by atoms with Gasteiger partial charge in [0.15, 0.2) is 0 Å². The van der Waals surface area contributed by atoms with Crippen molar-refractivity contribution >= 4 is 27.6 Å². The van der Waals surface area contributed by atoms with Crippen LogP contribution in [-0.4, -0.2) is 40.7 Å². The van der Waals surface area contributed by atoms with Gasteiger partial charge >= 0.3 is 6.09 Å². The highest BCUT2D eigenvalue weighted by atomic mass is 32.1. The van der Waals surface area contributed by atoms with E-state index in [1.54, 1.807) is 32.1 Å². The molecular weight excluding hydrogens is 440 g/mol. The number of aromatic nitrogens is 1. The molecule has 2 heterocycles. The molecule has 0 bridgehead atoms. The molecule has 1 saturated heterocycles. The van der Waals surface area contributed by atoms with Crippen LogP contribution in [-0.2, 0) is 16.2 Å². The number of hydrogen-bond acceptors (Lipinski definition) is 8. The Bertz CT molecular complexity index is 1020. The predicted molar refractivity (Wildman–Crippen MR) is 128 cm³/mol. The molecule has 8 nitrogen and oxygen atoms in total. The van der Waals surface area contributed by atoms with Crippen molar-refractivity contribution in [2.75, 3.05) is 13.1 Å². The molecule has 33 heavy (non-hydrogen) atoms. The zero-order chi connectivity index (χ0) is 23.3. The Morgan fingerprint density at radius 3 is 2.55 bits per heavy atom. The second-order valence-corrected chi connectivity index (χ2v) is 10.1. The third-order valence-electron chi connectivity index (χ3n) is 5.16. The number of amides is 1. The van der Waals surface area contributed by atoms with Crippen molar-refractivity contribution in [3.05, 3.63) is 54.1 Å². The second kappa shape index (κ2) is 10.5. The number of likely N-dealkylation sites (tertiary alicyclic amines) is 1. The highest BCUT2D eigenvalue weighted by Gasteiger charge is 2.21. The lowest BCUT2D eigenvalue weighted by atomic mass is 10.1. The summed E-state index contributed by atoms with van der Waals surface area (Å²) in [7, 11) is 0. The number of ether oxygens (including phenoxy) is 2. The number of benzene rings is 2. The van der Waals surface area contributed by atoms with E-state index < -0.39 is 11.7 Å². The first-order valence-corrected chi connectivity index (χ1v) is 11.9. The molecule has 0 saturated carbocycles. The maximum Gasteiger partial charge on any atom is 0.433 e. The standard InChI is InChI=1S/C24H30N4O4S/c1-24(2,3)31-22(29)27-32-26-18-12-14-28(15-13-18)16-17-8-10-19(11-9-17)30-23-25-20-6-4-5-7-21(20)33-23/h4-11,18,26H,12-16H2,1-3H3,(H,27,29). The summed E-state index contributed by atoms with van der Waals surface area (Å²) in [6.07, 6.45) is 1.24. The van der Waals surface area contributed by atoms with Crippen molar-refractivity contribution in [3.8, 4) is 10.9 Å². The highest BCUT2D eigenvalue weighted by Crippen LogP contribution is 2.31. The Labute approximate surface area is 197 Å². The van der Waals surface area contributed by atoms with Crippen molar-refractivity contribution in [1.29, 1.82) is 0 Å². The average Bonchev–Trinajstić information content (AvgIpc) is 3.17. The minimum absolute atomic E-state index is 0.181. The van der Waals surface area contributed by atoms with Crippen LogP contribution in [0, 0.1) is 0 Å². The largest absolute Gasteiger partial charge is 0.442 e. The lowest BCUT2D eigenvalue weighted by Crippen LogP contribution is -2.45. The number of carbonyl (C=O) groups is 1. The smallest absolute Gasteiger partial charge is 0.433 e. The first kappa shape index (κ1) is 23.4. The van der Waals surface area contributed by atoms with Gasteiger partial charge in [-0.25, -0.2) is 9.78 Å². The minimum Gasteiger partial charge on any atom is -0.442 e. The van der Waals surface area contributed by atoms with Gasteiger partial charge in [0.1, 0.15) is 11.4 Å². The quantitative estimate of drug-likeness (QED) is 0.469. The van der Waals surface area contributed by atoms with Crippen LogP contribution in [0.4, 0.5) is 4.79 Å². The van der Waals surface area contributed by atoms with Crippen molar-refractivity contribution in [2.24, 2.45) is 0 Å². The average molecular weight is 471 g/mol. The van der Waals surface area contributed by atoms with Crippen LogP contribution in [0.2, 0.25) is 0 Å². The summed E-state index contributed by atoms with van der Waals surface area (Å²) in [5.41, 5.74) is 6.81. The van der Waals surface area contributed by atoms with E-state index in [2.05, 4.69) is 33.0 Å². The summed E-state index contributed by atoms with van der Waals surface area (Å²) in [6, 6.07) is 16.4. The third kappa shape index (κ3) is 7.13. The number of para-hydroxylation sites is 1. The van der Waals surface area contributed by atoms with E-state index in [0.717, 1.165) is 48.4 Å². The number of fused-ring (bicyclic) bond motifs is 1. The van der Waals surface area contributed by atoms with Gasteiger partial charge in [0.25, 0.3) is 5.19 Å². The molecule has 3 aromatic rings. The van der Waals surface area contributed by atoms with Gasteiger partial charge < -0.3 is 9.47 Å². The SMILES string of the molecule is CC(C)(C)OC(=O)NONC1CCN(Cc2ccc(Oc3nc4ccccc4s3)cc2)CC1. The zero-order valence-corrected chi connectivity index (χ0v) is 20.0. The van der Waals surface area contributed by atoms with Crippen LogP contribution in [0.1, 0.15) is 39.2 Å². The summed E-state index contributed by atoms with van der Waals surface area (Å²) in [6.45, 7) is 8.18. The lowest BCUT2D eigenvalue weighted by Gasteiger charge is -2.31. The van der Waals surface area contributed by atoms with Crippen LogP contribution >= 0.6 is 11.3 Å². The molecule has 0 atom stereocenters. The Kier molecular flexibility index (Phi) is 7.44. The number of piperidine rings is 1. The van der Waals surface area contributed by atoms with Gasteiger partial charge in [-0.05, 0) is 63.4 Å². The Morgan fingerprint density at radius 2 is 1.85 bits per heavy atom. The molecule has 4 rings (SSSR count). The Balaban J connectivity index is 1.18. The minimum atomic E-state index is -0.608. The number of nitrogens with one attached hydrogen (secondary N) is 2. The molecule has 0 radical (unpaired) electrons. The number of nitrogens with zero attached hydrogens (tertiary/aromatic N) is 2. The van der Waals surface area contributed by atoms with Crippen molar-refractivity contribution in [3.63, 3.8) is 0 Å². The molecule has 1 aliphatic rings. The highest BCUT2D eigenvalue weighted by molar-refractivity contribution is 7.20. The zero-order valence-electron chi connectivity index (χ0n) is 19.2. The van der Waals surface area contributed by atoms with Crippen LogP contribution in [0.3, 0.4) is 0 Å². The fourth-order valence-electron chi connectivity index (χ4n) is 3.58. The molecule has 0 unspecified atom stereocenters. The fourth-order valence-corrected chi connectivity index (χ4v) is 4.41. The molecular formula is C24H30N4O4S. The van der Waals surface area contributed by atoms with Crippen LogP contribution in [0.15, 0.2) is 48.5 Å². The second-order valence-electron chi connectivity index (χ2n) is 9.07. The molecule has 0 aliphatic carbocycles. The van der Waals surface area contributed by atoms with Gasteiger partial charge in [0.05, 0.1) is 10.2 Å². The third-order valence-corrected chi connectivity index (χ3v) is 6.07. The lowest BCUT2D eigenvalue weighted by molar-refractivity contribution is -0.0718. The fraction of sp³-hybridized carbons (Fsp3) is 0.417. The number of hydrogen-bond donors (Lipinski definition) is 2. The van der Waals surface area contributed by atoms with Crippen molar-refractivity contribution < 1.29 is 19.2 Å². The van der Waals surface area contributed by atoms with Crippen LogP contribution in [0.25, 0.3) is 10.2 Å². The molecule has 1 aromatic heterocycles. The number of thiazole rings is 1. The molecule has 176 valence electrons. The van der Waals surface area contributed by atoms with E-state index in [-0.39, 0.29) is 6.04 Å². The van der Waals surface area contributed by atoms with Crippen LogP contribution < -0.4 is 15.7 Å². The van der Waals surface area contributed by atoms with Gasteiger partial charge in [0.2, 0.25) is 0 Å². The van der Waals surface area contributed by atoms with E-state index in [1.165, 1.54) is 5.56 Å². The van der Waals surface area contributed by atoms with Gasteiger partial charge in [-0.1, -0.05) is 35.6 Å². The van der Waals surface area contributed by atoms with E-state index in [1.807, 2.05) is 36.4 Å². The topological polar surface area (TPSA) is 85.0 Å². The first-order valence-electron chi connectivity index (χ1n) is 11.1. The molecule has 2 aromatic carbocycles. The maximum atomic E-state index is 11.6. The maximum absolute atomic E-state index is 11.6. The van der Waals surface area contributed by atoms with E-state index in [0.29, 0.717) is 5.19 Å². The van der Waals surface area contributed by atoms with Gasteiger partial charge in [0, 0.05) is 25.7 Å². The van der Waals surface area contributed by atoms with Crippen molar-refractivity contribution in [1.82, 2.24) is 20.8 Å². The number of rotatable bonds is 7. The molecule has 0 spiro atoms. The summed E-state index contributed by atoms with van der Waals surface area (Å²) >= 11 is 1.55. The van der Waals surface area contributed by atoms with Gasteiger partial charge in [-0.15, -0.1) is 0 Å². The Hall–Kier alpha value is -2.72. The summed E-state index contributed by atoms with van der Waals surface area (Å²) in [5, 5.41) is 0.655.